The van der Waals surface area contributed by atoms with E-state index in [-0.39, 0.29) is 5.91 Å². The van der Waals surface area contributed by atoms with E-state index in [0.29, 0.717) is 17.7 Å². The molecule has 0 N–H and O–H groups in total. The summed E-state index contributed by atoms with van der Waals surface area (Å²) in [6.45, 7) is 0.458. The van der Waals surface area contributed by atoms with Crippen LogP contribution in [0.2, 0.25) is 0 Å². The molecule has 118 valence electrons. The van der Waals surface area contributed by atoms with E-state index in [0.717, 1.165) is 11.3 Å². The minimum absolute atomic E-state index is 0.103. The van der Waals surface area contributed by atoms with Gasteiger partial charge in [0, 0.05) is 19.2 Å². The van der Waals surface area contributed by atoms with Crippen molar-refractivity contribution in [2.75, 3.05) is 7.05 Å². The maximum Gasteiger partial charge on any atom is 0.253 e. The molecule has 7 heteroatoms. The number of rotatable bonds is 4. The van der Waals surface area contributed by atoms with E-state index in [1.165, 1.54) is 11.0 Å². The van der Waals surface area contributed by atoms with Gasteiger partial charge in [-0.1, -0.05) is 18.2 Å². The molecule has 7 nitrogen and oxygen atoms in total. The van der Waals surface area contributed by atoms with Crippen molar-refractivity contribution in [2.24, 2.45) is 0 Å². The molecule has 24 heavy (non-hydrogen) atoms. The van der Waals surface area contributed by atoms with Gasteiger partial charge in [-0.15, -0.1) is 5.10 Å². The summed E-state index contributed by atoms with van der Waals surface area (Å²) in [4.78, 5) is 14.2. The lowest BCUT2D eigenvalue weighted by Crippen LogP contribution is -2.26. The van der Waals surface area contributed by atoms with Crippen LogP contribution in [0, 0.1) is 11.3 Å². The molecule has 0 unspecified atom stereocenters. The van der Waals surface area contributed by atoms with Crippen LogP contribution < -0.4 is 0 Å². The number of carbonyl (C=O) groups is 1. The predicted octanol–water partition coefficient (Wildman–Crippen LogP) is 1.81. The van der Waals surface area contributed by atoms with E-state index in [1.54, 1.807) is 42.3 Å². The summed E-state index contributed by atoms with van der Waals surface area (Å²) in [6, 6.07) is 16.4. The van der Waals surface area contributed by atoms with Gasteiger partial charge in [0.2, 0.25) is 0 Å². The summed E-state index contributed by atoms with van der Waals surface area (Å²) >= 11 is 0. The van der Waals surface area contributed by atoms with Crippen molar-refractivity contribution < 1.29 is 4.79 Å². The number of hydrogen-bond donors (Lipinski definition) is 0. The summed E-state index contributed by atoms with van der Waals surface area (Å²) in [5, 5.41) is 19.8. The van der Waals surface area contributed by atoms with Crippen molar-refractivity contribution >= 4 is 5.91 Å². The number of nitrogens with zero attached hydrogens (tertiary/aromatic N) is 6. The third-order valence-corrected chi connectivity index (χ3v) is 3.56. The third kappa shape index (κ3) is 3.28. The van der Waals surface area contributed by atoms with Gasteiger partial charge in [0.15, 0.2) is 0 Å². The summed E-state index contributed by atoms with van der Waals surface area (Å²) < 4.78 is 1.50. The average Bonchev–Trinajstić information content (AvgIpc) is 3.16. The standard InChI is InChI=1S/C17H14N6O/c1-22(11-14-7-5-13(10-18)6-8-14)17(24)15-3-2-4-16(9-15)23-12-19-20-21-23/h2-9,12H,11H2,1H3. The maximum atomic E-state index is 12.6. The van der Waals surface area contributed by atoms with Gasteiger partial charge >= 0.3 is 0 Å². The first-order valence-corrected chi connectivity index (χ1v) is 7.25. The van der Waals surface area contributed by atoms with E-state index in [1.807, 2.05) is 18.2 Å². The van der Waals surface area contributed by atoms with Crippen LogP contribution >= 0.6 is 0 Å². The Hall–Kier alpha value is -3.53. The summed E-state index contributed by atoms with van der Waals surface area (Å²) in [5.41, 5.74) is 2.83. The molecule has 0 aliphatic rings. The average molecular weight is 318 g/mol. The highest BCUT2D eigenvalue weighted by molar-refractivity contribution is 5.94. The number of hydrogen-bond acceptors (Lipinski definition) is 5. The lowest BCUT2D eigenvalue weighted by atomic mass is 10.1. The monoisotopic (exact) mass is 318 g/mol. The fourth-order valence-electron chi connectivity index (χ4n) is 2.31. The molecule has 3 aromatic rings. The zero-order valence-electron chi connectivity index (χ0n) is 13.0. The first-order chi connectivity index (χ1) is 11.7. The number of nitriles is 1. The minimum Gasteiger partial charge on any atom is -0.337 e. The predicted molar refractivity (Wildman–Crippen MR) is 86.1 cm³/mol. The van der Waals surface area contributed by atoms with Crippen molar-refractivity contribution in [2.45, 2.75) is 6.54 Å². The van der Waals surface area contributed by atoms with Crippen molar-refractivity contribution in [3.8, 4) is 11.8 Å². The van der Waals surface area contributed by atoms with Crippen LogP contribution in [0.5, 0.6) is 0 Å². The summed E-state index contributed by atoms with van der Waals surface area (Å²) in [5.74, 6) is -0.103. The topological polar surface area (TPSA) is 87.7 Å². The smallest absolute Gasteiger partial charge is 0.253 e. The SMILES string of the molecule is CN(Cc1ccc(C#N)cc1)C(=O)c1cccc(-n2cnnn2)c1. The zero-order chi connectivity index (χ0) is 16.9. The lowest BCUT2D eigenvalue weighted by molar-refractivity contribution is 0.0785. The molecular weight excluding hydrogens is 304 g/mol. The van der Waals surface area contributed by atoms with Crippen LogP contribution in [0.3, 0.4) is 0 Å². The van der Waals surface area contributed by atoms with Crippen LogP contribution in [0.4, 0.5) is 0 Å². The Morgan fingerprint density at radius 3 is 2.71 bits per heavy atom. The first-order valence-electron chi connectivity index (χ1n) is 7.25. The Kier molecular flexibility index (Phi) is 4.29. The van der Waals surface area contributed by atoms with Crippen LogP contribution in [0.15, 0.2) is 54.9 Å². The fourth-order valence-corrected chi connectivity index (χ4v) is 2.31. The first kappa shape index (κ1) is 15.4. The maximum absolute atomic E-state index is 12.6. The highest BCUT2D eigenvalue weighted by Crippen LogP contribution is 2.13. The zero-order valence-corrected chi connectivity index (χ0v) is 13.0. The molecule has 0 aliphatic heterocycles. The lowest BCUT2D eigenvalue weighted by Gasteiger charge is -2.17. The van der Waals surface area contributed by atoms with Crippen molar-refractivity contribution in [3.63, 3.8) is 0 Å². The largest absolute Gasteiger partial charge is 0.337 e. The van der Waals surface area contributed by atoms with E-state index >= 15 is 0 Å². The third-order valence-electron chi connectivity index (χ3n) is 3.56. The van der Waals surface area contributed by atoms with Crippen LogP contribution in [-0.2, 0) is 6.54 Å². The molecule has 0 atom stereocenters. The summed E-state index contributed by atoms with van der Waals surface area (Å²) in [7, 11) is 1.74. The molecular formula is C17H14N6O. The molecule has 0 bridgehead atoms. The Bertz CT molecular complexity index is 880. The molecule has 0 aliphatic carbocycles. The van der Waals surface area contributed by atoms with E-state index < -0.39 is 0 Å². The molecule has 0 saturated heterocycles. The number of aromatic nitrogens is 4. The molecule has 2 aromatic carbocycles. The van der Waals surface area contributed by atoms with Gasteiger partial charge in [-0.2, -0.15) is 5.26 Å². The number of amides is 1. The second-order valence-electron chi connectivity index (χ2n) is 5.27. The second kappa shape index (κ2) is 6.71. The Balaban J connectivity index is 1.75. The van der Waals surface area contributed by atoms with E-state index in [9.17, 15) is 4.79 Å². The number of benzene rings is 2. The van der Waals surface area contributed by atoms with Gasteiger partial charge in [-0.3, -0.25) is 4.79 Å². The quantitative estimate of drug-likeness (QED) is 0.732. The fraction of sp³-hybridized carbons (Fsp3) is 0.118. The normalized spacial score (nSPS) is 10.2. The molecule has 3 rings (SSSR count). The number of carbonyl (C=O) groups excluding carboxylic acids is 1. The van der Waals surface area contributed by atoms with E-state index in [2.05, 4.69) is 21.6 Å². The van der Waals surface area contributed by atoms with Gasteiger partial charge in [-0.25, -0.2) is 4.68 Å². The van der Waals surface area contributed by atoms with Crippen LogP contribution in [0.1, 0.15) is 21.5 Å². The van der Waals surface area contributed by atoms with Gasteiger partial charge in [0.05, 0.1) is 17.3 Å². The minimum atomic E-state index is -0.103. The molecule has 0 spiro atoms. The highest BCUT2D eigenvalue weighted by Gasteiger charge is 2.13. The van der Waals surface area contributed by atoms with Gasteiger partial charge in [0.25, 0.3) is 5.91 Å². The Morgan fingerprint density at radius 1 is 1.25 bits per heavy atom. The molecule has 1 aromatic heterocycles. The highest BCUT2D eigenvalue weighted by atomic mass is 16.2. The van der Waals surface area contributed by atoms with Crippen LogP contribution in [-0.4, -0.2) is 38.1 Å². The Morgan fingerprint density at radius 2 is 2.04 bits per heavy atom. The van der Waals surface area contributed by atoms with Crippen molar-refractivity contribution in [1.29, 1.82) is 5.26 Å². The number of tetrazole rings is 1. The van der Waals surface area contributed by atoms with Gasteiger partial charge in [-0.05, 0) is 46.3 Å². The summed E-state index contributed by atoms with van der Waals surface area (Å²) in [6.07, 6.45) is 1.48. The van der Waals surface area contributed by atoms with Crippen LogP contribution in [0.25, 0.3) is 5.69 Å². The molecule has 0 saturated carbocycles. The second-order valence-corrected chi connectivity index (χ2v) is 5.27. The molecule has 1 heterocycles. The van der Waals surface area contributed by atoms with Gasteiger partial charge < -0.3 is 4.90 Å². The molecule has 1 amide bonds. The molecule has 0 radical (unpaired) electrons. The molecule has 0 fully saturated rings. The van der Waals surface area contributed by atoms with Crippen molar-refractivity contribution in [3.05, 3.63) is 71.5 Å². The van der Waals surface area contributed by atoms with E-state index in [4.69, 9.17) is 5.26 Å². The van der Waals surface area contributed by atoms with Crippen molar-refractivity contribution in [1.82, 2.24) is 25.1 Å². The Labute approximate surface area is 138 Å². The van der Waals surface area contributed by atoms with Gasteiger partial charge in [0.1, 0.15) is 6.33 Å².